The van der Waals surface area contributed by atoms with Gasteiger partial charge < -0.3 is 15.4 Å². The number of sulfonamides is 1. The molecule has 0 spiro atoms. The lowest BCUT2D eigenvalue weighted by Crippen LogP contribution is -2.35. The highest BCUT2D eigenvalue weighted by Crippen LogP contribution is 2.34. The summed E-state index contributed by atoms with van der Waals surface area (Å²) in [6.45, 7) is 3.16. The van der Waals surface area contributed by atoms with Gasteiger partial charge in [0.15, 0.2) is 11.0 Å². The number of carbonyl (C=O) groups is 2. The van der Waals surface area contributed by atoms with Gasteiger partial charge in [-0.05, 0) is 86.5 Å². The highest BCUT2D eigenvalue weighted by molar-refractivity contribution is 7.99. The first-order valence-corrected chi connectivity index (χ1v) is 18.0. The van der Waals surface area contributed by atoms with Crippen LogP contribution in [-0.4, -0.2) is 64.8 Å². The highest BCUT2D eigenvalue weighted by atomic mass is 35.5. The van der Waals surface area contributed by atoms with Crippen LogP contribution in [0.5, 0.6) is 5.75 Å². The van der Waals surface area contributed by atoms with E-state index in [0.717, 1.165) is 49.2 Å². The van der Waals surface area contributed by atoms with Crippen LogP contribution in [0.4, 0.5) is 18.9 Å². The van der Waals surface area contributed by atoms with Crippen LogP contribution < -0.4 is 15.4 Å². The molecule has 11 nitrogen and oxygen atoms in total. The SMILES string of the molecule is CCOc1ccc(-n2c(CNC(=O)c3ccc(S(=O)(=O)N4CCCCC4)cc3)nnc2SCC(=O)Nc2cc(C(F)(F)F)ccc2Cl)cc1. The van der Waals surface area contributed by atoms with Gasteiger partial charge in [-0.2, -0.15) is 17.5 Å². The molecule has 260 valence electrons. The lowest BCUT2D eigenvalue weighted by molar-refractivity contribution is -0.137. The zero-order valence-corrected chi connectivity index (χ0v) is 28.6. The van der Waals surface area contributed by atoms with Crippen molar-refractivity contribution in [2.24, 2.45) is 0 Å². The van der Waals surface area contributed by atoms with Crippen molar-refractivity contribution >= 4 is 50.9 Å². The van der Waals surface area contributed by atoms with Crippen LogP contribution in [-0.2, 0) is 27.5 Å². The topological polar surface area (TPSA) is 136 Å². The Hall–Kier alpha value is -4.12. The number of thioether (sulfide) groups is 1. The maximum absolute atomic E-state index is 13.2. The number of nitrogens with zero attached hydrogens (tertiary/aromatic N) is 4. The van der Waals surface area contributed by atoms with Crippen LogP contribution >= 0.6 is 23.4 Å². The van der Waals surface area contributed by atoms with Crippen LogP contribution in [0.25, 0.3) is 5.69 Å². The zero-order valence-electron chi connectivity index (χ0n) is 26.2. The van der Waals surface area contributed by atoms with Crippen LogP contribution in [0.15, 0.2) is 76.8 Å². The molecule has 5 rings (SSSR count). The Bertz CT molecular complexity index is 1900. The monoisotopic (exact) mass is 736 g/mol. The van der Waals surface area contributed by atoms with Gasteiger partial charge in [0.2, 0.25) is 15.9 Å². The van der Waals surface area contributed by atoms with Gasteiger partial charge in [0.05, 0.1) is 40.1 Å². The Balaban J connectivity index is 1.30. The predicted molar refractivity (Wildman–Crippen MR) is 179 cm³/mol. The molecule has 0 atom stereocenters. The van der Waals surface area contributed by atoms with Gasteiger partial charge in [-0.1, -0.05) is 29.8 Å². The van der Waals surface area contributed by atoms with Crippen molar-refractivity contribution in [3.8, 4) is 11.4 Å². The summed E-state index contributed by atoms with van der Waals surface area (Å²) >= 11 is 7.00. The van der Waals surface area contributed by atoms with E-state index >= 15 is 0 Å². The second-order valence-electron chi connectivity index (χ2n) is 10.9. The number of halogens is 4. The van der Waals surface area contributed by atoms with Crippen molar-refractivity contribution in [2.75, 3.05) is 30.8 Å². The maximum atomic E-state index is 13.2. The maximum Gasteiger partial charge on any atom is 0.416 e. The number of hydrogen-bond acceptors (Lipinski definition) is 8. The van der Waals surface area contributed by atoms with E-state index in [1.165, 1.54) is 28.6 Å². The van der Waals surface area contributed by atoms with Crippen molar-refractivity contribution in [1.29, 1.82) is 0 Å². The Morgan fingerprint density at radius 2 is 1.67 bits per heavy atom. The number of amides is 2. The molecule has 1 aromatic heterocycles. The predicted octanol–water partition coefficient (Wildman–Crippen LogP) is 6.17. The van der Waals surface area contributed by atoms with Crippen molar-refractivity contribution in [3.63, 3.8) is 0 Å². The Morgan fingerprint density at radius 1 is 0.980 bits per heavy atom. The summed E-state index contributed by atoms with van der Waals surface area (Å²) in [7, 11) is -3.65. The normalized spacial score (nSPS) is 14.0. The molecule has 1 aliphatic heterocycles. The molecular weight excluding hydrogens is 705 g/mol. The molecule has 4 aromatic rings. The molecule has 0 unspecified atom stereocenters. The minimum Gasteiger partial charge on any atom is -0.494 e. The molecule has 2 N–H and O–H groups in total. The summed E-state index contributed by atoms with van der Waals surface area (Å²) in [5.41, 5.74) is -0.311. The van der Waals surface area contributed by atoms with Crippen molar-refractivity contribution < 1.29 is 35.9 Å². The third-order valence-corrected chi connectivity index (χ3v) is 10.7. The minimum atomic E-state index is -4.62. The summed E-state index contributed by atoms with van der Waals surface area (Å²) in [6, 6.07) is 15.3. The molecule has 17 heteroatoms. The molecular formula is C32H32ClF3N6O5S2. The second-order valence-corrected chi connectivity index (χ2v) is 14.1. The molecule has 1 aliphatic rings. The minimum absolute atomic E-state index is 0.0554. The van der Waals surface area contributed by atoms with E-state index in [-0.39, 0.29) is 38.6 Å². The largest absolute Gasteiger partial charge is 0.494 e. The van der Waals surface area contributed by atoms with Gasteiger partial charge in [0.25, 0.3) is 5.91 Å². The average molecular weight is 737 g/mol. The molecule has 1 fully saturated rings. The molecule has 0 bridgehead atoms. The number of aromatic nitrogens is 3. The van der Waals surface area contributed by atoms with Gasteiger partial charge in [0, 0.05) is 24.3 Å². The van der Waals surface area contributed by atoms with E-state index in [0.29, 0.717) is 37.0 Å². The highest BCUT2D eigenvalue weighted by Gasteiger charge is 2.31. The quantitative estimate of drug-likeness (QED) is 0.165. The first kappa shape index (κ1) is 36.2. The Morgan fingerprint density at radius 3 is 2.33 bits per heavy atom. The van der Waals surface area contributed by atoms with E-state index in [1.807, 2.05) is 6.92 Å². The van der Waals surface area contributed by atoms with Crippen molar-refractivity contribution in [1.82, 2.24) is 24.4 Å². The van der Waals surface area contributed by atoms with Gasteiger partial charge in [-0.25, -0.2) is 8.42 Å². The third-order valence-electron chi connectivity index (χ3n) is 7.48. The van der Waals surface area contributed by atoms with Crippen molar-refractivity contribution in [2.45, 2.75) is 49.0 Å². The lowest BCUT2D eigenvalue weighted by Gasteiger charge is -2.25. The summed E-state index contributed by atoms with van der Waals surface area (Å²) in [4.78, 5) is 26.0. The van der Waals surface area contributed by atoms with Gasteiger partial charge in [-0.15, -0.1) is 10.2 Å². The standard InChI is InChI=1S/C32H32ClF3N6O5S2/c1-2-47-24-11-9-23(10-12-24)42-28(19-37-30(44)21-6-13-25(14-7-21)49(45,46)41-16-4-3-5-17-41)39-40-31(42)48-20-29(43)38-27-18-22(32(34,35)36)8-15-26(27)33/h6-15,18H,2-5,16-17,19-20H2,1H3,(H,37,44)(H,38,43). The number of benzene rings is 3. The Kier molecular flexibility index (Phi) is 11.5. The average Bonchev–Trinajstić information content (AvgIpc) is 3.50. The van der Waals surface area contributed by atoms with Crippen LogP contribution in [0.2, 0.25) is 5.02 Å². The molecule has 2 amide bonds. The summed E-state index contributed by atoms with van der Waals surface area (Å²) in [5, 5.41) is 13.8. The van der Waals surface area contributed by atoms with Gasteiger partial charge in [0.1, 0.15) is 5.75 Å². The number of anilines is 1. The van der Waals surface area contributed by atoms with Crippen LogP contribution in [0, 0.1) is 0 Å². The smallest absolute Gasteiger partial charge is 0.416 e. The summed E-state index contributed by atoms with van der Waals surface area (Å²) in [5.74, 6) is -0.430. The van der Waals surface area contributed by atoms with E-state index in [4.69, 9.17) is 16.3 Å². The third kappa shape index (κ3) is 8.92. The first-order chi connectivity index (χ1) is 23.4. The fourth-order valence-electron chi connectivity index (χ4n) is 5.03. The number of piperidine rings is 1. The molecule has 0 saturated carbocycles. The van der Waals surface area contributed by atoms with E-state index in [2.05, 4.69) is 20.8 Å². The molecule has 2 heterocycles. The van der Waals surface area contributed by atoms with E-state index < -0.39 is 33.6 Å². The summed E-state index contributed by atoms with van der Waals surface area (Å²) < 4.78 is 74.1. The van der Waals surface area contributed by atoms with Crippen LogP contribution in [0.1, 0.15) is 47.9 Å². The zero-order chi connectivity index (χ0) is 35.2. The van der Waals surface area contributed by atoms with Crippen molar-refractivity contribution in [3.05, 3.63) is 88.7 Å². The number of nitrogens with one attached hydrogen (secondary N) is 2. The molecule has 3 aromatic carbocycles. The fraction of sp³-hybridized carbons (Fsp3) is 0.312. The van der Waals surface area contributed by atoms with E-state index in [1.54, 1.807) is 28.8 Å². The number of rotatable bonds is 12. The molecule has 0 radical (unpaired) electrons. The number of alkyl halides is 3. The van der Waals surface area contributed by atoms with Gasteiger partial charge in [-0.3, -0.25) is 14.2 Å². The second kappa shape index (κ2) is 15.6. The molecule has 1 saturated heterocycles. The summed E-state index contributed by atoms with van der Waals surface area (Å²) in [6.07, 6.45) is -2.01. The first-order valence-electron chi connectivity index (χ1n) is 15.2. The molecule has 0 aliphatic carbocycles. The van der Waals surface area contributed by atoms with E-state index in [9.17, 15) is 31.2 Å². The lowest BCUT2D eigenvalue weighted by atomic mass is 10.2. The number of ether oxygens (including phenoxy) is 1. The fourth-order valence-corrected chi connectivity index (χ4v) is 7.49. The Labute approximate surface area is 290 Å². The number of carbonyl (C=O) groups excluding carboxylic acids is 2. The molecule has 49 heavy (non-hydrogen) atoms. The van der Waals surface area contributed by atoms with Gasteiger partial charge >= 0.3 is 6.18 Å². The van der Waals surface area contributed by atoms with Crippen LogP contribution in [0.3, 0.4) is 0 Å². The number of hydrogen-bond donors (Lipinski definition) is 2.